The van der Waals surface area contributed by atoms with Crippen LogP contribution in [0.3, 0.4) is 0 Å². The van der Waals surface area contributed by atoms with Gasteiger partial charge in [-0.2, -0.15) is 5.10 Å². The molecule has 1 aliphatic heterocycles. The molecule has 1 saturated heterocycles. The Bertz CT molecular complexity index is 484. The number of H-pyrrole nitrogens is 1. The molecule has 0 aliphatic carbocycles. The van der Waals surface area contributed by atoms with Gasteiger partial charge in [0.05, 0.1) is 17.9 Å². The molecule has 1 fully saturated rings. The molecule has 1 aromatic heterocycles. The Morgan fingerprint density at radius 2 is 2.00 bits per heavy atom. The van der Waals surface area contributed by atoms with Crippen molar-refractivity contribution in [3.63, 3.8) is 0 Å². The summed E-state index contributed by atoms with van der Waals surface area (Å²) < 4.78 is 0. The largest absolute Gasteiger partial charge is 0.391 e. The van der Waals surface area contributed by atoms with Gasteiger partial charge < -0.3 is 10.0 Å². The van der Waals surface area contributed by atoms with Gasteiger partial charge in [0.15, 0.2) is 0 Å². The van der Waals surface area contributed by atoms with E-state index in [-0.39, 0.29) is 17.4 Å². The summed E-state index contributed by atoms with van der Waals surface area (Å²) in [4.78, 5) is 16.5. The number of piperazine rings is 1. The molecule has 1 amide bonds. The highest BCUT2D eigenvalue weighted by Gasteiger charge is 2.28. The van der Waals surface area contributed by atoms with E-state index in [1.165, 1.54) is 0 Å². The molecule has 118 valence electrons. The average molecular weight is 294 g/mol. The van der Waals surface area contributed by atoms with E-state index in [4.69, 9.17) is 0 Å². The summed E-state index contributed by atoms with van der Waals surface area (Å²) in [5.41, 5.74) is 1.35. The van der Waals surface area contributed by atoms with E-state index >= 15 is 0 Å². The minimum absolute atomic E-state index is 0.0391. The second kappa shape index (κ2) is 6.15. The van der Waals surface area contributed by atoms with Crippen LogP contribution in [-0.4, -0.2) is 69.8 Å². The fraction of sp³-hybridized carbons (Fsp3) is 0.733. The Morgan fingerprint density at radius 3 is 2.48 bits per heavy atom. The van der Waals surface area contributed by atoms with Crippen molar-refractivity contribution in [1.82, 2.24) is 20.0 Å². The molecule has 0 radical (unpaired) electrons. The number of aliphatic hydroxyl groups excluding tert-OH is 1. The van der Waals surface area contributed by atoms with Gasteiger partial charge in [-0.15, -0.1) is 0 Å². The zero-order valence-electron chi connectivity index (χ0n) is 13.4. The standard InChI is InChI=1S/C15H26N4O2/c1-11-12(9-16-17-11)14(21)19-7-5-18(6-8-19)10-13(20)15(2,3)4/h9,13,20H,5-8,10H2,1-4H3,(H,16,17). The summed E-state index contributed by atoms with van der Waals surface area (Å²) in [7, 11) is 0. The van der Waals surface area contributed by atoms with Crippen LogP contribution in [0.1, 0.15) is 36.8 Å². The lowest BCUT2D eigenvalue weighted by molar-refractivity contribution is 0.0137. The highest BCUT2D eigenvalue weighted by Crippen LogP contribution is 2.20. The zero-order chi connectivity index (χ0) is 15.6. The number of aliphatic hydroxyl groups is 1. The lowest BCUT2D eigenvalue weighted by atomic mass is 9.89. The van der Waals surface area contributed by atoms with Crippen molar-refractivity contribution in [3.8, 4) is 0 Å². The Labute approximate surface area is 126 Å². The van der Waals surface area contributed by atoms with Crippen LogP contribution in [0.15, 0.2) is 6.20 Å². The molecule has 0 bridgehead atoms. The van der Waals surface area contributed by atoms with Crippen LogP contribution >= 0.6 is 0 Å². The Kier molecular flexibility index (Phi) is 4.68. The molecule has 0 spiro atoms. The maximum Gasteiger partial charge on any atom is 0.257 e. The van der Waals surface area contributed by atoms with Crippen LogP contribution in [0.25, 0.3) is 0 Å². The van der Waals surface area contributed by atoms with E-state index in [1.807, 2.05) is 32.6 Å². The van der Waals surface area contributed by atoms with E-state index < -0.39 is 0 Å². The van der Waals surface area contributed by atoms with Gasteiger partial charge in [0, 0.05) is 38.4 Å². The third kappa shape index (κ3) is 3.83. The van der Waals surface area contributed by atoms with Gasteiger partial charge >= 0.3 is 0 Å². The first-order chi connectivity index (χ1) is 9.79. The second-order valence-electron chi connectivity index (χ2n) is 6.88. The van der Waals surface area contributed by atoms with Crippen molar-refractivity contribution >= 4 is 5.91 Å². The fourth-order valence-electron chi connectivity index (χ4n) is 2.39. The summed E-state index contributed by atoms with van der Waals surface area (Å²) in [6.07, 6.45) is 1.24. The maximum atomic E-state index is 12.4. The lowest BCUT2D eigenvalue weighted by Crippen LogP contribution is -2.51. The van der Waals surface area contributed by atoms with Crippen LogP contribution in [0.4, 0.5) is 0 Å². The van der Waals surface area contributed by atoms with Gasteiger partial charge in [0.2, 0.25) is 0 Å². The zero-order valence-corrected chi connectivity index (χ0v) is 13.4. The Balaban J connectivity index is 1.86. The number of rotatable bonds is 3. The number of hydrogen-bond donors (Lipinski definition) is 2. The maximum absolute atomic E-state index is 12.4. The number of hydrogen-bond acceptors (Lipinski definition) is 4. The number of β-amino-alcohol motifs (C(OH)–C–C–N with tert-alkyl or cyclic N) is 1. The molecule has 0 aromatic carbocycles. The summed E-state index contributed by atoms with van der Waals surface area (Å²) in [5.74, 6) is 0.0391. The first-order valence-corrected chi connectivity index (χ1v) is 7.48. The van der Waals surface area contributed by atoms with Gasteiger partial charge in [-0.05, 0) is 12.3 Å². The minimum Gasteiger partial charge on any atom is -0.391 e. The topological polar surface area (TPSA) is 72.5 Å². The van der Waals surface area contributed by atoms with E-state index in [2.05, 4.69) is 15.1 Å². The number of carbonyl (C=O) groups is 1. The molecule has 6 nitrogen and oxygen atoms in total. The molecule has 1 aliphatic rings. The quantitative estimate of drug-likeness (QED) is 0.868. The molecule has 0 saturated carbocycles. The average Bonchev–Trinajstić information content (AvgIpc) is 2.84. The van der Waals surface area contributed by atoms with Crippen LogP contribution < -0.4 is 0 Å². The van der Waals surface area contributed by atoms with Crippen molar-refractivity contribution in [2.45, 2.75) is 33.8 Å². The number of aryl methyl sites for hydroxylation is 1. The number of nitrogens with one attached hydrogen (secondary N) is 1. The summed E-state index contributed by atoms with van der Waals surface area (Å²) in [6, 6.07) is 0. The van der Waals surface area contributed by atoms with E-state index in [1.54, 1.807) is 6.20 Å². The van der Waals surface area contributed by atoms with Crippen molar-refractivity contribution < 1.29 is 9.90 Å². The number of nitrogens with zero attached hydrogens (tertiary/aromatic N) is 3. The number of aromatic amines is 1. The van der Waals surface area contributed by atoms with Gasteiger partial charge in [0.25, 0.3) is 5.91 Å². The van der Waals surface area contributed by atoms with Crippen molar-refractivity contribution in [2.24, 2.45) is 5.41 Å². The van der Waals surface area contributed by atoms with Crippen LogP contribution in [0.2, 0.25) is 0 Å². The molecule has 1 atom stereocenters. The van der Waals surface area contributed by atoms with E-state index in [0.717, 1.165) is 18.8 Å². The first kappa shape index (κ1) is 16.0. The number of carbonyl (C=O) groups excluding carboxylic acids is 1. The van der Waals surface area contributed by atoms with E-state index in [0.29, 0.717) is 25.2 Å². The molecule has 1 aromatic rings. The van der Waals surface area contributed by atoms with Crippen molar-refractivity contribution in [1.29, 1.82) is 0 Å². The Hall–Kier alpha value is -1.40. The number of amides is 1. The molecular weight excluding hydrogens is 268 g/mol. The molecule has 1 unspecified atom stereocenters. The second-order valence-corrected chi connectivity index (χ2v) is 6.88. The summed E-state index contributed by atoms with van der Waals surface area (Å²) in [6.45, 7) is 11.6. The molecular formula is C15H26N4O2. The first-order valence-electron chi connectivity index (χ1n) is 7.48. The van der Waals surface area contributed by atoms with Crippen LogP contribution in [0, 0.1) is 12.3 Å². The van der Waals surface area contributed by atoms with Gasteiger partial charge in [0.1, 0.15) is 0 Å². The number of aromatic nitrogens is 2. The predicted molar refractivity (Wildman–Crippen MR) is 81.1 cm³/mol. The molecule has 2 rings (SSSR count). The third-order valence-corrected chi connectivity index (χ3v) is 4.15. The molecule has 21 heavy (non-hydrogen) atoms. The van der Waals surface area contributed by atoms with Crippen LogP contribution in [0.5, 0.6) is 0 Å². The fourth-order valence-corrected chi connectivity index (χ4v) is 2.39. The minimum atomic E-state index is -0.351. The predicted octanol–water partition coefficient (Wildman–Crippen LogP) is 0.883. The highest BCUT2D eigenvalue weighted by atomic mass is 16.3. The molecule has 2 heterocycles. The van der Waals surface area contributed by atoms with Gasteiger partial charge in [-0.1, -0.05) is 20.8 Å². The smallest absolute Gasteiger partial charge is 0.257 e. The highest BCUT2D eigenvalue weighted by molar-refractivity contribution is 5.95. The van der Waals surface area contributed by atoms with Gasteiger partial charge in [-0.3, -0.25) is 14.8 Å². The van der Waals surface area contributed by atoms with Crippen molar-refractivity contribution in [2.75, 3.05) is 32.7 Å². The SMILES string of the molecule is Cc1[nH]ncc1C(=O)N1CCN(CC(O)C(C)(C)C)CC1. The third-order valence-electron chi connectivity index (χ3n) is 4.15. The normalized spacial score (nSPS) is 18.8. The van der Waals surface area contributed by atoms with Gasteiger partial charge in [-0.25, -0.2) is 0 Å². The summed E-state index contributed by atoms with van der Waals surface area (Å²) >= 11 is 0. The molecule has 2 N–H and O–H groups in total. The lowest BCUT2D eigenvalue weighted by Gasteiger charge is -2.37. The summed E-state index contributed by atoms with van der Waals surface area (Å²) in [5, 5.41) is 16.9. The van der Waals surface area contributed by atoms with Crippen molar-refractivity contribution in [3.05, 3.63) is 17.5 Å². The van der Waals surface area contributed by atoms with Crippen LogP contribution in [-0.2, 0) is 0 Å². The monoisotopic (exact) mass is 294 g/mol. The Morgan fingerprint density at radius 1 is 1.38 bits per heavy atom. The van der Waals surface area contributed by atoms with E-state index in [9.17, 15) is 9.90 Å². The molecule has 6 heteroatoms.